The van der Waals surface area contributed by atoms with E-state index < -0.39 is 0 Å². The van der Waals surface area contributed by atoms with E-state index in [0.29, 0.717) is 6.61 Å². The second kappa shape index (κ2) is 6.36. The molecule has 0 fully saturated rings. The Morgan fingerprint density at radius 1 is 1.39 bits per heavy atom. The number of allylic oxidation sites excluding steroid dienone is 1. The summed E-state index contributed by atoms with van der Waals surface area (Å²) in [6.07, 6.45) is 5.12. The molecule has 0 unspecified atom stereocenters. The monoisotopic (exact) mass is 260 g/mol. The van der Waals surface area contributed by atoms with Crippen LogP contribution >= 0.6 is 11.3 Å². The highest BCUT2D eigenvalue weighted by molar-refractivity contribution is 7.17. The van der Waals surface area contributed by atoms with Crippen LogP contribution in [-0.4, -0.2) is 12.4 Å². The number of ketones is 1. The van der Waals surface area contributed by atoms with Crippen molar-refractivity contribution >= 4 is 27.2 Å². The number of thiophene rings is 1. The maximum Gasteiger partial charge on any atom is 0.190 e. The lowest BCUT2D eigenvalue weighted by atomic mass is 10.1. The molecule has 2 rings (SSSR count). The summed E-state index contributed by atoms with van der Waals surface area (Å²) in [5.41, 5.74) is 0.756. The van der Waals surface area contributed by atoms with Crippen LogP contribution in [-0.2, 0) is 4.74 Å². The molecule has 2 aromatic rings. The topological polar surface area (TPSA) is 26.3 Å². The number of carbonyl (C=O) groups is 1. The van der Waals surface area contributed by atoms with Crippen molar-refractivity contribution in [1.82, 2.24) is 0 Å². The minimum atomic E-state index is 0.00366. The first-order chi connectivity index (χ1) is 8.83. The summed E-state index contributed by atoms with van der Waals surface area (Å²) in [6, 6.07) is 7.94. The summed E-state index contributed by atoms with van der Waals surface area (Å²) in [6.45, 7) is 2.78. The van der Waals surface area contributed by atoms with E-state index in [0.717, 1.165) is 28.5 Å². The third-order valence-corrected chi connectivity index (χ3v) is 3.64. The van der Waals surface area contributed by atoms with Gasteiger partial charge in [-0.15, -0.1) is 11.3 Å². The average Bonchev–Trinajstić information content (AvgIpc) is 2.82. The van der Waals surface area contributed by atoms with Gasteiger partial charge < -0.3 is 4.74 Å². The Morgan fingerprint density at radius 2 is 2.22 bits per heavy atom. The van der Waals surface area contributed by atoms with Gasteiger partial charge in [-0.25, -0.2) is 0 Å². The number of rotatable bonds is 6. The van der Waals surface area contributed by atoms with E-state index in [9.17, 15) is 4.79 Å². The van der Waals surface area contributed by atoms with Gasteiger partial charge >= 0.3 is 0 Å². The number of fused-ring (bicyclic) bond motifs is 1. The maximum atomic E-state index is 12.0. The molecule has 0 spiro atoms. The molecule has 0 aliphatic carbocycles. The zero-order valence-electron chi connectivity index (χ0n) is 10.4. The molecular formula is C15H16O2S. The molecule has 0 radical (unpaired) electrons. The van der Waals surface area contributed by atoms with Crippen molar-refractivity contribution in [3.63, 3.8) is 0 Å². The Labute approximate surface area is 111 Å². The molecule has 0 bridgehead atoms. The first-order valence-corrected chi connectivity index (χ1v) is 6.99. The van der Waals surface area contributed by atoms with Gasteiger partial charge in [0.1, 0.15) is 0 Å². The van der Waals surface area contributed by atoms with Crippen molar-refractivity contribution in [2.45, 2.75) is 19.8 Å². The van der Waals surface area contributed by atoms with Gasteiger partial charge in [0.2, 0.25) is 0 Å². The van der Waals surface area contributed by atoms with Crippen LogP contribution in [0.4, 0.5) is 0 Å². The predicted octanol–water partition coefficient (Wildman–Crippen LogP) is 4.41. The highest BCUT2D eigenvalue weighted by Crippen LogP contribution is 2.26. The van der Waals surface area contributed by atoms with Crippen LogP contribution in [0.2, 0.25) is 0 Å². The highest BCUT2D eigenvalue weighted by atomic mass is 32.1. The standard InChI is InChI=1S/C15H16O2S/c1-2-3-9-17-10-8-14(16)13-11-18-15-7-5-4-6-12(13)15/h4-8,10-11H,2-3,9H2,1H3/b10-8+. The van der Waals surface area contributed by atoms with Crippen LogP contribution in [0.15, 0.2) is 42.0 Å². The van der Waals surface area contributed by atoms with E-state index in [1.54, 1.807) is 11.3 Å². The Hall–Kier alpha value is -1.61. The second-order valence-corrected chi connectivity index (χ2v) is 4.95. The van der Waals surface area contributed by atoms with Gasteiger partial charge in [-0.3, -0.25) is 4.79 Å². The quantitative estimate of drug-likeness (QED) is 0.333. The number of benzene rings is 1. The highest BCUT2D eigenvalue weighted by Gasteiger charge is 2.08. The Morgan fingerprint density at radius 3 is 3.06 bits per heavy atom. The summed E-state index contributed by atoms with van der Waals surface area (Å²) in [5, 5.41) is 2.93. The fourth-order valence-corrected chi connectivity index (χ4v) is 2.61. The summed E-state index contributed by atoms with van der Waals surface area (Å²) in [4.78, 5) is 12.0. The smallest absolute Gasteiger partial charge is 0.190 e. The first-order valence-electron chi connectivity index (χ1n) is 6.11. The van der Waals surface area contributed by atoms with Crippen LogP contribution in [0.25, 0.3) is 10.1 Å². The third kappa shape index (κ3) is 2.99. The van der Waals surface area contributed by atoms with E-state index >= 15 is 0 Å². The maximum absolute atomic E-state index is 12.0. The van der Waals surface area contributed by atoms with Gasteiger partial charge in [-0.1, -0.05) is 31.5 Å². The zero-order chi connectivity index (χ0) is 12.8. The minimum absolute atomic E-state index is 0.00366. The van der Waals surface area contributed by atoms with Crippen LogP contribution in [0.5, 0.6) is 0 Å². The van der Waals surface area contributed by atoms with E-state index in [1.165, 1.54) is 12.3 Å². The molecule has 0 saturated heterocycles. The molecule has 0 N–H and O–H groups in total. The fourth-order valence-electron chi connectivity index (χ4n) is 1.66. The summed E-state index contributed by atoms with van der Waals surface area (Å²) in [5.74, 6) is 0.00366. The van der Waals surface area contributed by atoms with Crippen molar-refractivity contribution in [2.24, 2.45) is 0 Å². The van der Waals surface area contributed by atoms with Crippen molar-refractivity contribution in [3.05, 3.63) is 47.5 Å². The Kier molecular flexibility index (Phi) is 4.53. The molecule has 18 heavy (non-hydrogen) atoms. The fraction of sp³-hybridized carbons (Fsp3) is 0.267. The second-order valence-electron chi connectivity index (χ2n) is 4.04. The van der Waals surface area contributed by atoms with Crippen molar-refractivity contribution in [2.75, 3.05) is 6.61 Å². The van der Waals surface area contributed by atoms with Gasteiger partial charge in [-0.05, 0) is 12.5 Å². The zero-order valence-corrected chi connectivity index (χ0v) is 11.2. The van der Waals surface area contributed by atoms with Crippen molar-refractivity contribution < 1.29 is 9.53 Å². The molecular weight excluding hydrogens is 244 g/mol. The van der Waals surface area contributed by atoms with Crippen LogP contribution in [0, 0.1) is 0 Å². The molecule has 0 aliphatic heterocycles. The van der Waals surface area contributed by atoms with E-state index in [2.05, 4.69) is 6.92 Å². The van der Waals surface area contributed by atoms with Crippen LogP contribution in [0.3, 0.4) is 0 Å². The Bertz CT molecular complexity index is 554. The van der Waals surface area contributed by atoms with E-state index in [-0.39, 0.29) is 5.78 Å². The third-order valence-electron chi connectivity index (χ3n) is 2.68. The average molecular weight is 260 g/mol. The molecule has 1 aromatic heterocycles. The number of hydrogen-bond acceptors (Lipinski definition) is 3. The van der Waals surface area contributed by atoms with Gasteiger partial charge in [0.05, 0.1) is 12.9 Å². The van der Waals surface area contributed by atoms with Gasteiger partial charge in [0, 0.05) is 27.1 Å². The number of ether oxygens (including phenoxy) is 1. The van der Waals surface area contributed by atoms with Gasteiger partial charge in [0.25, 0.3) is 0 Å². The molecule has 0 amide bonds. The molecule has 0 atom stereocenters. The number of carbonyl (C=O) groups excluding carboxylic acids is 1. The normalized spacial score (nSPS) is 11.2. The summed E-state index contributed by atoms with van der Waals surface area (Å²) < 4.78 is 6.40. The molecule has 1 heterocycles. The molecule has 0 saturated carbocycles. The number of unbranched alkanes of at least 4 members (excludes halogenated alkanes) is 1. The predicted molar refractivity (Wildman–Crippen MR) is 76.2 cm³/mol. The first kappa shape index (κ1) is 12.8. The van der Waals surface area contributed by atoms with Crippen molar-refractivity contribution in [1.29, 1.82) is 0 Å². The van der Waals surface area contributed by atoms with Gasteiger partial charge in [0.15, 0.2) is 5.78 Å². The molecule has 2 nitrogen and oxygen atoms in total. The van der Waals surface area contributed by atoms with E-state index in [4.69, 9.17) is 4.74 Å². The van der Waals surface area contributed by atoms with Crippen molar-refractivity contribution in [3.8, 4) is 0 Å². The molecule has 1 aromatic carbocycles. The van der Waals surface area contributed by atoms with Crippen LogP contribution < -0.4 is 0 Å². The molecule has 94 valence electrons. The largest absolute Gasteiger partial charge is 0.501 e. The van der Waals surface area contributed by atoms with Gasteiger partial charge in [-0.2, -0.15) is 0 Å². The summed E-state index contributed by atoms with van der Waals surface area (Å²) >= 11 is 1.59. The minimum Gasteiger partial charge on any atom is -0.501 e. The SMILES string of the molecule is CCCCO/C=C/C(=O)c1csc2ccccc12. The number of hydrogen-bond donors (Lipinski definition) is 0. The Balaban J connectivity index is 2.05. The molecule has 3 heteroatoms. The lowest BCUT2D eigenvalue weighted by molar-refractivity contribution is 0.104. The summed E-state index contributed by atoms with van der Waals surface area (Å²) in [7, 11) is 0. The van der Waals surface area contributed by atoms with Crippen LogP contribution in [0.1, 0.15) is 30.1 Å². The lowest BCUT2D eigenvalue weighted by Gasteiger charge is -1.97. The van der Waals surface area contributed by atoms with E-state index in [1.807, 2.05) is 29.6 Å². The lowest BCUT2D eigenvalue weighted by Crippen LogP contribution is -1.93. The molecule has 0 aliphatic rings.